The minimum Gasteiger partial charge on any atom is -0.477 e. The first kappa shape index (κ1) is 14.0. The van der Waals surface area contributed by atoms with Crippen LogP contribution in [-0.4, -0.2) is 25.5 Å². The predicted molar refractivity (Wildman–Crippen MR) is 75.6 cm³/mol. The number of carboxylic acid groups (broad SMARTS) is 1. The molecule has 2 fully saturated rings. The molecule has 2 N–H and O–H groups in total. The van der Waals surface area contributed by atoms with Gasteiger partial charge in [-0.1, -0.05) is 6.42 Å². The molecule has 3 unspecified atom stereocenters. The molecule has 5 nitrogen and oxygen atoms in total. The van der Waals surface area contributed by atoms with Crippen LogP contribution in [0, 0.1) is 18.8 Å². The lowest BCUT2D eigenvalue weighted by Crippen LogP contribution is -2.38. The normalized spacial score (nSPS) is 28.9. The maximum Gasteiger partial charge on any atom is 0.346 e. The van der Waals surface area contributed by atoms with Crippen molar-refractivity contribution in [1.29, 1.82) is 0 Å². The molecule has 0 saturated heterocycles. The topological polar surface area (TPSA) is 83.5 Å². The highest BCUT2D eigenvalue weighted by Crippen LogP contribution is 2.45. The zero-order valence-electron chi connectivity index (χ0n) is 11.1. The van der Waals surface area contributed by atoms with Crippen LogP contribution in [0.15, 0.2) is 10.3 Å². The average Bonchev–Trinajstić information content (AvgIpc) is 3.02. The summed E-state index contributed by atoms with van der Waals surface area (Å²) in [5.41, 5.74) is 0.496. The average molecular weight is 315 g/mol. The molecule has 2 saturated carbocycles. The SMILES string of the molecule is Cc1cc(S(=O)(=O)NC2CC3CCC2C3)sc1C(=O)O. The van der Waals surface area contributed by atoms with E-state index < -0.39 is 16.0 Å². The van der Waals surface area contributed by atoms with Gasteiger partial charge in [-0.05, 0) is 49.7 Å². The van der Waals surface area contributed by atoms with Crippen LogP contribution >= 0.6 is 11.3 Å². The van der Waals surface area contributed by atoms with Crippen LogP contribution in [0.3, 0.4) is 0 Å². The standard InChI is InChI=1S/C13H17NO4S2/c1-7-4-11(19-12(7)13(15)16)20(17,18)14-10-6-8-2-3-9(10)5-8/h4,8-10,14H,2-3,5-6H2,1H3,(H,15,16). The number of nitrogens with one attached hydrogen (secondary N) is 1. The number of sulfonamides is 1. The molecule has 20 heavy (non-hydrogen) atoms. The van der Waals surface area contributed by atoms with E-state index in [1.54, 1.807) is 6.92 Å². The van der Waals surface area contributed by atoms with Crippen molar-refractivity contribution in [2.75, 3.05) is 0 Å². The lowest BCUT2D eigenvalue weighted by molar-refractivity contribution is 0.0701. The number of thiophene rings is 1. The van der Waals surface area contributed by atoms with Crippen LogP contribution in [0.5, 0.6) is 0 Å². The molecule has 3 atom stereocenters. The summed E-state index contributed by atoms with van der Waals surface area (Å²) >= 11 is 0.828. The van der Waals surface area contributed by atoms with E-state index in [1.807, 2.05) is 0 Å². The fraction of sp³-hybridized carbons (Fsp3) is 0.615. The summed E-state index contributed by atoms with van der Waals surface area (Å²) in [4.78, 5) is 11.1. The smallest absolute Gasteiger partial charge is 0.346 e. The van der Waals surface area contributed by atoms with E-state index in [1.165, 1.54) is 12.5 Å². The van der Waals surface area contributed by atoms with Crippen molar-refractivity contribution < 1.29 is 18.3 Å². The van der Waals surface area contributed by atoms with E-state index in [2.05, 4.69) is 4.72 Å². The first-order valence-corrected chi connectivity index (χ1v) is 9.03. The second-order valence-corrected chi connectivity index (χ2v) is 8.78. The van der Waals surface area contributed by atoms with Gasteiger partial charge in [0.05, 0.1) is 0 Å². The molecule has 0 amide bonds. The van der Waals surface area contributed by atoms with E-state index in [4.69, 9.17) is 5.11 Å². The predicted octanol–water partition coefficient (Wildman–Crippen LogP) is 2.22. The Hall–Kier alpha value is -0.920. The van der Waals surface area contributed by atoms with Gasteiger partial charge < -0.3 is 5.11 Å². The molecule has 0 radical (unpaired) electrons. The van der Waals surface area contributed by atoms with E-state index >= 15 is 0 Å². The fourth-order valence-electron chi connectivity index (χ4n) is 3.44. The van der Waals surface area contributed by atoms with Gasteiger partial charge in [0.1, 0.15) is 9.09 Å². The first-order valence-electron chi connectivity index (χ1n) is 6.73. The van der Waals surface area contributed by atoms with E-state index in [9.17, 15) is 13.2 Å². The molecule has 3 rings (SSSR count). The summed E-state index contributed by atoms with van der Waals surface area (Å²) < 4.78 is 27.6. The highest BCUT2D eigenvalue weighted by Gasteiger charge is 2.41. The summed E-state index contributed by atoms with van der Waals surface area (Å²) in [5.74, 6) is 0.0380. The number of aryl methyl sites for hydroxylation is 1. The third-order valence-corrected chi connectivity index (χ3v) is 7.59. The summed E-state index contributed by atoms with van der Waals surface area (Å²) in [6.45, 7) is 1.62. The van der Waals surface area contributed by atoms with Crippen molar-refractivity contribution in [2.45, 2.75) is 42.9 Å². The first-order chi connectivity index (χ1) is 9.37. The lowest BCUT2D eigenvalue weighted by Gasteiger charge is -2.22. The Balaban J connectivity index is 1.81. The molecule has 0 spiro atoms. The second-order valence-electron chi connectivity index (χ2n) is 5.79. The van der Waals surface area contributed by atoms with Gasteiger partial charge in [0.2, 0.25) is 10.0 Å². The van der Waals surface area contributed by atoms with Crippen molar-refractivity contribution in [3.8, 4) is 0 Å². The number of aromatic carboxylic acids is 1. The third-order valence-electron chi connectivity index (χ3n) is 4.40. The van der Waals surface area contributed by atoms with Crippen LogP contribution in [0.2, 0.25) is 0 Å². The molecule has 1 heterocycles. The van der Waals surface area contributed by atoms with Gasteiger partial charge in [0.25, 0.3) is 0 Å². The van der Waals surface area contributed by atoms with Crippen molar-refractivity contribution in [3.63, 3.8) is 0 Å². The van der Waals surface area contributed by atoms with Gasteiger partial charge in [-0.3, -0.25) is 0 Å². The summed E-state index contributed by atoms with van der Waals surface area (Å²) in [7, 11) is -3.60. The zero-order chi connectivity index (χ0) is 14.5. The highest BCUT2D eigenvalue weighted by molar-refractivity contribution is 7.91. The van der Waals surface area contributed by atoms with Gasteiger partial charge >= 0.3 is 5.97 Å². The zero-order valence-corrected chi connectivity index (χ0v) is 12.8. The quantitative estimate of drug-likeness (QED) is 0.892. The van der Waals surface area contributed by atoms with Crippen LogP contribution < -0.4 is 4.72 Å². The molecular formula is C13H17NO4S2. The number of hydrogen-bond acceptors (Lipinski definition) is 4. The molecule has 7 heteroatoms. The molecule has 110 valence electrons. The Morgan fingerprint density at radius 3 is 2.65 bits per heavy atom. The van der Waals surface area contributed by atoms with Crippen LogP contribution in [0.25, 0.3) is 0 Å². The maximum absolute atomic E-state index is 12.4. The van der Waals surface area contributed by atoms with Crippen molar-refractivity contribution >= 4 is 27.3 Å². The van der Waals surface area contributed by atoms with Crippen molar-refractivity contribution in [1.82, 2.24) is 4.72 Å². The van der Waals surface area contributed by atoms with E-state index in [0.717, 1.165) is 30.6 Å². The third kappa shape index (κ3) is 2.38. The largest absolute Gasteiger partial charge is 0.477 e. The maximum atomic E-state index is 12.4. The molecule has 2 aliphatic carbocycles. The van der Waals surface area contributed by atoms with Crippen molar-refractivity contribution in [3.05, 3.63) is 16.5 Å². The number of carboxylic acids is 1. The summed E-state index contributed by atoms with van der Waals surface area (Å²) in [5, 5.41) is 9.01. The number of fused-ring (bicyclic) bond motifs is 2. The Morgan fingerprint density at radius 2 is 2.15 bits per heavy atom. The molecule has 1 aromatic heterocycles. The van der Waals surface area contributed by atoms with Crippen LogP contribution in [0.1, 0.15) is 40.9 Å². The van der Waals surface area contributed by atoms with Gasteiger partial charge in [-0.2, -0.15) is 0 Å². The van der Waals surface area contributed by atoms with Crippen LogP contribution in [0.4, 0.5) is 0 Å². The monoisotopic (exact) mass is 315 g/mol. The summed E-state index contributed by atoms with van der Waals surface area (Å²) in [6, 6.07) is 1.47. The van der Waals surface area contributed by atoms with Gasteiger partial charge in [-0.25, -0.2) is 17.9 Å². The minimum absolute atomic E-state index is 0.0226. The molecule has 0 aliphatic heterocycles. The van der Waals surface area contributed by atoms with Gasteiger partial charge in [-0.15, -0.1) is 11.3 Å². The Bertz CT molecular complexity index is 649. The molecule has 0 aromatic carbocycles. The molecular weight excluding hydrogens is 298 g/mol. The molecule has 2 bridgehead atoms. The minimum atomic E-state index is -3.60. The Morgan fingerprint density at radius 1 is 1.40 bits per heavy atom. The summed E-state index contributed by atoms with van der Waals surface area (Å²) in [6.07, 6.45) is 4.35. The van der Waals surface area contributed by atoms with E-state index in [-0.39, 0.29) is 15.1 Å². The van der Waals surface area contributed by atoms with Crippen LogP contribution in [-0.2, 0) is 10.0 Å². The van der Waals surface area contributed by atoms with E-state index in [0.29, 0.717) is 17.4 Å². The lowest BCUT2D eigenvalue weighted by atomic mass is 9.96. The molecule has 1 aromatic rings. The van der Waals surface area contributed by atoms with Gasteiger partial charge in [0.15, 0.2) is 0 Å². The highest BCUT2D eigenvalue weighted by atomic mass is 32.2. The van der Waals surface area contributed by atoms with Crippen molar-refractivity contribution in [2.24, 2.45) is 11.8 Å². The Labute approximate surface area is 122 Å². The second kappa shape index (κ2) is 4.82. The number of carbonyl (C=O) groups is 1. The number of rotatable bonds is 4. The van der Waals surface area contributed by atoms with Gasteiger partial charge in [0, 0.05) is 6.04 Å². The Kier molecular flexibility index (Phi) is 3.38. The fourth-order valence-corrected chi connectivity index (χ4v) is 6.16. The number of hydrogen-bond donors (Lipinski definition) is 2. The molecule has 2 aliphatic rings.